The third kappa shape index (κ3) is 2.97. The lowest BCUT2D eigenvalue weighted by Gasteiger charge is -2.24. The van der Waals surface area contributed by atoms with Crippen LogP contribution < -0.4 is 5.32 Å². The minimum atomic E-state index is 0.291. The Kier molecular flexibility index (Phi) is 3.85. The Hall–Kier alpha value is -0.570. The van der Waals surface area contributed by atoms with Crippen molar-refractivity contribution in [3.05, 3.63) is 0 Å². The third-order valence-electron chi connectivity index (χ3n) is 4.10. The van der Waals surface area contributed by atoms with Crippen LogP contribution in [0, 0.1) is 5.41 Å². The molecule has 3 heteroatoms. The van der Waals surface area contributed by atoms with Gasteiger partial charge in [0.2, 0.25) is 5.91 Å². The van der Waals surface area contributed by atoms with Gasteiger partial charge >= 0.3 is 0 Å². The number of likely N-dealkylation sites (tertiary alicyclic amines) is 1. The first kappa shape index (κ1) is 11.9. The van der Waals surface area contributed by atoms with E-state index in [1.807, 2.05) is 4.90 Å². The van der Waals surface area contributed by atoms with Crippen molar-refractivity contribution in [3.8, 4) is 0 Å². The molecule has 2 rings (SSSR count). The van der Waals surface area contributed by atoms with Crippen LogP contribution in [0.4, 0.5) is 0 Å². The number of nitrogens with one attached hydrogen (secondary N) is 1. The predicted octanol–water partition coefficient (Wildman–Crippen LogP) is 1.78. The SMILES string of the molecule is CC1(CNCC(=O)N2CCCC2)CCCC1. The van der Waals surface area contributed by atoms with Crippen molar-refractivity contribution >= 4 is 5.91 Å². The maximum absolute atomic E-state index is 11.8. The molecule has 1 heterocycles. The van der Waals surface area contributed by atoms with Crippen molar-refractivity contribution in [1.82, 2.24) is 10.2 Å². The molecule has 0 aromatic heterocycles. The summed E-state index contributed by atoms with van der Waals surface area (Å²) in [4.78, 5) is 13.8. The number of hydrogen-bond acceptors (Lipinski definition) is 2. The summed E-state index contributed by atoms with van der Waals surface area (Å²) in [5.74, 6) is 0.291. The van der Waals surface area contributed by atoms with E-state index in [0.717, 1.165) is 19.6 Å². The Morgan fingerprint density at radius 1 is 1.19 bits per heavy atom. The van der Waals surface area contributed by atoms with Gasteiger partial charge in [-0.3, -0.25) is 4.79 Å². The zero-order chi connectivity index (χ0) is 11.4. The summed E-state index contributed by atoms with van der Waals surface area (Å²) in [5, 5.41) is 3.35. The number of carbonyl (C=O) groups is 1. The Morgan fingerprint density at radius 3 is 2.44 bits per heavy atom. The van der Waals surface area contributed by atoms with Gasteiger partial charge < -0.3 is 10.2 Å². The van der Waals surface area contributed by atoms with Gasteiger partial charge in [0.1, 0.15) is 0 Å². The van der Waals surface area contributed by atoms with Crippen molar-refractivity contribution in [2.24, 2.45) is 5.41 Å². The van der Waals surface area contributed by atoms with Gasteiger partial charge in [0.05, 0.1) is 6.54 Å². The minimum absolute atomic E-state index is 0.291. The van der Waals surface area contributed by atoms with E-state index in [-0.39, 0.29) is 0 Å². The fourth-order valence-electron chi connectivity index (χ4n) is 2.95. The molecule has 3 nitrogen and oxygen atoms in total. The van der Waals surface area contributed by atoms with Crippen LogP contribution in [-0.4, -0.2) is 37.0 Å². The maximum atomic E-state index is 11.8. The zero-order valence-electron chi connectivity index (χ0n) is 10.4. The number of nitrogens with zero attached hydrogens (tertiary/aromatic N) is 1. The highest BCUT2D eigenvalue weighted by Gasteiger charge is 2.28. The minimum Gasteiger partial charge on any atom is -0.342 e. The molecule has 0 aromatic carbocycles. The molecule has 1 N–H and O–H groups in total. The van der Waals surface area contributed by atoms with Crippen molar-refractivity contribution in [1.29, 1.82) is 0 Å². The number of amides is 1. The molecule has 1 saturated heterocycles. The fourth-order valence-corrected chi connectivity index (χ4v) is 2.95. The van der Waals surface area contributed by atoms with Gasteiger partial charge in [-0.2, -0.15) is 0 Å². The number of hydrogen-bond donors (Lipinski definition) is 1. The molecule has 0 aromatic rings. The van der Waals surface area contributed by atoms with E-state index in [2.05, 4.69) is 12.2 Å². The van der Waals surface area contributed by atoms with Crippen LogP contribution in [0.15, 0.2) is 0 Å². The summed E-state index contributed by atoms with van der Waals surface area (Å²) in [5.41, 5.74) is 0.450. The summed E-state index contributed by atoms with van der Waals surface area (Å²) in [6.45, 7) is 5.82. The van der Waals surface area contributed by atoms with E-state index in [9.17, 15) is 4.79 Å². The Bertz CT molecular complexity index is 240. The highest BCUT2D eigenvalue weighted by Crippen LogP contribution is 2.36. The molecule has 1 amide bonds. The summed E-state index contributed by atoms with van der Waals surface area (Å²) in [6, 6.07) is 0. The normalized spacial score (nSPS) is 23.9. The smallest absolute Gasteiger partial charge is 0.236 e. The average Bonchev–Trinajstić information content (AvgIpc) is 2.88. The molecule has 2 fully saturated rings. The summed E-state index contributed by atoms with van der Waals surface area (Å²) in [6.07, 6.45) is 7.72. The van der Waals surface area contributed by atoms with Gasteiger partial charge in [0.15, 0.2) is 0 Å². The van der Waals surface area contributed by atoms with E-state index < -0.39 is 0 Å². The Morgan fingerprint density at radius 2 is 1.81 bits per heavy atom. The molecule has 0 bridgehead atoms. The monoisotopic (exact) mass is 224 g/mol. The molecule has 2 aliphatic rings. The maximum Gasteiger partial charge on any atom is 0.236 e. The Labute approximate surface area is 98.6 Å². The molecular formula is C13H24N2O. The second kappa shape index (κ2) is 5.17. The van der Waals surface area contributed by atoms with Gasteiger partial charge in [0.25, 0.3) is 0 Å². The van der Waals surface area contributed by atoms with Crippen molar-refractivity contribution < 1.29 is 4.79 Å². The fraction of sp³-hybridized carbons (Fsp3) is 0.923. The lowest BCUT2D eigenvalue weighted by atomic mass is 9.89. The second-order valence-corrected chi connectivity index (χ2v) is 5.71. The van der Waals surface area contributed by atoms with Crippen molar-refractivity contribution in [3.63, 3.8) is 0 Å². The van der Waals surface area contributed by atoms with E-state index in [1.165, 1.54) is 38.5 Å². The number of carbonyl (C=O) groups excluding carboxylic acids is 1. The van der Waals surface area contributed by atoms with Gasteiger partial charge in [-0.05, 0) is 31.1 Å². The van der Waals surface area contributed by atoms with Gasteiger partial charge in [-0.25, -0.2) is 0 Å². The molecule has 16 heavy (non-hydrogen) atoms. The second-order valence-electron chi connectivity index (χ2n) is 5.71. The summed E-state index contributed by atoms with van der Waals surface area (Å²) >= 11 is 0. The first-order chi connectivity index (χ1) is 7.70. The largest absolute Gasteiger partial charge is 0.342 e. The average molecular weight is 224 g/mol. The van der Waals surface area contributed by atoms with Crippen LogP contribution >= 0.6 is 0 Å². The first-order valence-corrected chi connectivity index (χ1v) is 6.68. The molecule has 1 saturated carbocycles. The van der Waals surface area contributed by atoms with Gasteiger partial charge in [-0.1, -0.05) is 19.8 Å². The lowest BCUT2D eigenvalue weighted by Crippen LogP contribution is -2.39. The summed E-state index contributed by atoms with van der Waals surface area (Å²) < 4.78 is 0. The van der Waals surface area contributed by atoms with Crippen molar-refractivity contribution in [2.45, 2.75) is 45.4 Å². The highest BCUT2D eigenvalue weighted by atomic mass is 16.2. The van der Waals surface area contributed by atoms with E-state index in [4.69, 9.17) is 0 Å². The molecule has 1 aliphatic heterocycles. The van der Waals surface area contributed by atoms with Crippen LogP contribution in [0.2, 0.25) is 0 Å². The highest BCUT2D eigenvalue weighted by molar-refractivity contribution is 5.78. The van der Waals surface area contributed by atoms with Crippen LogP contribution in [0.1, 0.15) is 45.4 Å². The standard InChI is InChI=1S/C13H24N2O/c1-13(6-2-3-7-13)11-14-10-12(16)15-8-4-5-9-15/h14H,2-11H2,1H3. The van der Waals surface area contributed by atoms with Crippen LogP contribution in [0.25, 0.3) is 0 Å². The van der Waals surface area contributed by atoms with Crippen LogP contribution in [0.5, 0.6) is 0 Å². The van der Waals surface area contributed by atoms with Gasteiger partial charge in [-0.15, -0.1) is 0 Å². The molecule has 1 aliphatic carbocycles. The van der Waals surface area contributed by atoms with Crippen LogP contribution in [0.3, 0.4) is 0 Å². The quantitative estimate of drug-likeness (QED) is 0.789. The molecule has 0 radical (unpaired) electrons. The predicted molar refractivity (Wildman–Crippen MR) is 65.3 cm³/mol. The number of rotatable bonds is 4. The van der Waals surface area contributed by atoms with Crippen LogP contribution in [-0.2, 0) is 4.79 Å². The van der Waals surface area contributed by atoms with E-state index in [1.54, 1.807) is 0 Å². The zero-order valence-corrected chi connectivity index (χ0v) is 10.4. The topological polar surface area (TPSA) is 32.3 Å². The molecule has 0 atom stereocenters. The van der Waals surface area contributed by atoms with Crippen molar-refractivity contribution in [2.75, 3.05) is 26.2 Å². The van der Waals surface area contributed by atoms with E-state index >= 15 is 0 Å². The Balaban J connectivity index is 1.65. The molecular weight excluding hydrogens is 200 g/mol. The molecule has 92 valence electrons. The summed E-state index contributed by atoms with van der Waals surface area (Å²) in [7, 11) is 0. The third-order valence-corrected chi connectivity index (χ3v) is 4.10. The van der Waals surface area contributed by atoms with Gasteiger partial charge in [0, 0.05) is 19.6 Å². The first-order valence-electron chi connectivity index (χ1n) is 6.68. The molecule has 0 spiro atoms. The lowest BCUT2D eigenvalue weighted by molar-refractivity contribution is -0.129. The van der Waals surface area contributed by atoms with E-state index in [0.29, 0.717) is 17.9 Å². The molecule has 0 unspecified atom stereocenters.